The highest BCUT2D eigenvalue weighted by molar-refractivity contribution is 6.31. The van der Waals surface area contributed by atoms with E-state index < -0.39 is 0 Å². The lowest BCUT2D eigenvalue weighted by atomic mass is 9.98. The van der Waals surface area contributed by atoms with Crippen LogP contribution in [-0.2, 0) is 4.74 Å². The van der Waals surface area contributed by atoms with Crippen LogP contribution < -0.4 is 5.73 Å². The van der Waals surface area contributed by atoms with Crippen molar-refractivity contribution < 1.29 is 4.74 Å². The highest BCUT2D eigenvalue weighted by Gasteiger charge is 2.28. The Morgan fingerprint density at radius 3 is 2.84 bits per heavy atom. The van der Waals surface area contributed by atoms with Crippen LogP contribution in [0.5, 0.6) is 0 Å². The number of hydrogen-bond donors (Lipinski definition) is 1. The molecule has 0 aromatic heterocycles. The smallest absolute Gasteiger partial charge is 0.0674 e. The van der Waals surface area contributed by atoms with Crippen molar-refractivity contribution in [2.45, 2.75) is 38.5 Å². The fourth-order valence-corrected chi connectivity index (χ4v) is 3.05. The number of halogens is 1. The highest BCUT2D eigenvalue weighted by Crippen LogP contribution is 2.30. The zero-order chi connectivity index (χ0) is 13.8. The molecule has 0 amide bonds. The molecule has 1 fully saturated rings. The van der Waals surface area contributed by atoms with Gasteiger partial charge in [-0.15, -0.1) is 0 Å². The second kappa shape index (κ2) is 6.71. The molecule has 1 aromatic rings. The van der Waals surface area contributed by atoms with Crippen molar-refractivity contribution in [1.29, 1.82) is 0 Å². The molecule has 19 heavy (non-hydrogen) atoms. The minimum absolute atomic E-state index is 0.0326. The first-order valence-electron chi connectivity index (χ1n) is 6.95. The molecule has 0 bridgehead atoms. The van der Waals surface area contributed by atoms with Gasteiger partial charge >= 0.3 is 0 Å². The van der Waals surface area contributed by atoms with Gasteiger partial charge in [-0.3, -0.25) is 4.90 Å². The normalized spacial score (nSPS) is 24.7. The summed E-state index contributed by atoms with van der Waals surface area (Å²) < 4.78 is 5.71. The molecule has 1 aliphatic rings. The quantitative estimate of drug-likeness (QED) is 0.926. The third-order valence-corrected chi connectivity index (χ3v) is 3.94. The van der Waals surface area contributed by atoms with Crippen LogP contribution in [0.2, 0.25) is 5.02 Å². The molecule has 1 heterocycles. The molecule has 1 aromatic carbocycles. The van der Waals surface area contributed by atoms with E-state index in [1.807, 2.05) is 25.1 Å². The van der Waals surface area contributed by atoms with Gasteiger partial charge in [0.05, 0.1) is 12.1 Å². The van der Waals surface area contributed by atoms with Crippen LogP contribution in [0.3, 0.4) is 0 Å². The number of hydrogen-bond acceptors (Lipinski definition) is 3. The first-order chi connectivity index (χ1) is 9.09. The second-order valence-corrected chi connectivity index (χ2v) is 5.76. The van der Waals surface area contributed by atoms with Crippen molar-refractivity contribution >= 4 is 11.6 Å². The maximum Gasteiger partial charge on any atom is 0.0674 e. The average Bonchev–Trinajstić information content (AvgIpc) is 2.56. The van der Waals surface area contributed by atoms with Crippen LogP contribution in [0, 0.1) is 0 Å². The van der Waals surface area contributed by atoms with E-state index in [9.17, 15) is 0 Å². The van der Waals surface area contributed by atoms with E-state index in [0.29, 0.717) is 0 Å². The monoisotopic (exact) mass is 282 g/mol. The Labute approximate surface area is 120 Å². The molecule has 0 aliphatic carbocycles. The average molecular weight is 283 g/mol. The summed E-state index contributed by atoms with van der Waals surface area (Å²) in [6.07, 6.45) is 1.28. The molecule has 106 valence electrons. The molecule has 2 N–H and O–H groups in total. The molecule has 4 heteroatoms. The fourth-order valence-electron chi connectivity index (χ4n) is 2.81. The SMILES string of the molecule is CC1CN(C(c2ccccc2Cl)C(C)N)CCCO1. The van der Waals surface area contributed by atoms with Crippen molar-refractivity contribution in [2.24, 2.45) is 5.73 Å². The number of benzene rings is 1. The summed E-state index contributed by atoms with van der Waals surface area (Å²) in [5.41, 5.74) is 7.34. The zero-order valence-electron chi connectivity index (χ0n) is 11.7. The van der Waals surface area contributed by atoms with Gasteiger partial charge < -0.3 is 10.5 Å². The number of nitrogens with zero attached hydrogens (tertiary/aromatic N) is 1. The van der Waals surface area contributed by atoms with Gasteiger partial charge in [0.15, 0.2) is 0 Å². The third-order valence-electron chi connectivity index (χ3n) is 3.60. The first kappa shape index (κ1) is 14.8. The van der Waals surface area contributed by atoms with Gasteiger partial charge in [-0.1, -0.05) is 29.8 Å². The molecule has 0 saturated carbocycles. The minimum Gasteiger partial charge on any atom is -0.377 e. The summed E-state index contributed by atoms with van der Waals surface area (Å²) in [5, 5.41) is 0.794. The Bertz CT molecular complexity index is 411. The summed E-state index contributed by atoms with van der Waals surface area (Å²) in [6, 6.07) is 8.17. The van der Waals surface area contributed by atoms with E-state index in [4.69, 9.17) is 22.1 Å². The summed E-state index contributed by atoms with van der Waals surface area (Å²) in [4.78, 5) is 2.41. The lowest BCUT2D eigenvalue weighted by Gasteiger charge is -2.35. The molecule has 3 atom stereocenters. The topological polar surface area (TPSA) is 38.5 Å². The summed E-state index contributed by atoms with van der Waals surface area (Å²) in [5.74, 6) is 0. The van der Waals surface area contributed by atoms with Gasteiger partial charge in [-0.25, -0.2) is 0 Å². The van der Waals surface area contributed by atoms with E-state index in [-0.39, 0.29) is 18.2 Å². The second-order valence-electron chi connectivity index (χ2n) is 5.36. The Balaban J connectivity index is 2.27. The van der Waals surface area contributed by atoms with Crippen molar-refractivity contribution in [2.75, 3.05) is 19.7 Å². The van der Waals surface area contributed by atoms with Gasteiger partial charge in [0.1, 0.15) is 0 Å². The first-order valence-corrected chi connectivity index (χ1v) is 7.33. The highest BCUT2D eigenvalue weighted by atomic mass is 35.5. The molecule has 3 unspecified atom stereocenters. The standard InChI is InChI=1S/C15H23ClN2O/c1-11-10-18(8-5-9-19-11)15(12(2)17)13-6-3-4-7-14(13)16/h3-4,6-7,11-12,15H,5,8-10,17H2,1-2H3. The molecule has 2 rings (SSSR count). The van der Waals surface area contributed by atoms with E-state index >= 15 is 0 Å². The van der Waals surface area contributed by atoms with Crippen LogP contribution in [0.25, 0.3) is 0 Å². The lowest BCUT2D eigenvalue weighted by Crippen LogP contribution is -2.42. The molecular formula is C15H23ClN2O. The van der Waals surface area contributed by atoms with Crippen LogP contribution in [0.1, 0.15) is 31.9 Å². The lowest BCUT2D eigenvalue weighted by molar-refractivity contribution is 0.0583. The molecule has 1 aliphatic heterocycles. The fraction of sp³-hybridized carbons (Fsp3) is 0.600. The van der Waals surface area contributed by atoms with Crippen molar-refractivity contribution in [3.8, 4) is 0 Å². The predicted molar refractivity (Wildman–Crippen MR) is 79.4 cm³/mol. The zero-order valence-corrected chi connectivity index (χ0v) is 12.4. The number of rotatable bonds is 3. The van der Waals surface area contributed by atoms with Gasteiger partial charge in [-0.05, 0) is 31.9 Å². The van der Waals surface area contributed by atoms with Gasteiger partial charge in [-0.2, -0.15) is 0 Å². The molecule has 3 nitrogen and oxygen atoms in total. The number of ether oxygens (including phenoxy) is 1. The van der Waals surface area contributed by atoms with Crippen LogP contribution >= 0.6 is 11.6 Å². The van der Waals surface area contributed by atoms with Crippen LogP contribution in [0.15, 0.2) is 24.3 Å². The van der Waals surface area contributed by atoms with E-state index in [1.165, 1.54) is 0 Å². The molecule has 0 spiro atoms. The maximum atomic E-state index is 6.35. The third kappa shape index (κ3) is 3.69. The van der Waals surface area contributed by atoms with Gasteiger partial charge in [0.25, 0.3) is 0 Å². The van der Waals surface area contributed by atoms with E-state index in [1.54, 1.807) is 0 Å². The van der Waals surface area contributed by atoms with Crippen molar-refractivity contribution in [3.63, 3.8) is 0 Å². The Kier molecular flexibility index (Phi) is 5.22. The molecule has 0 radical (unpaired) electrons. The van der Waals surface area contributed by atoms with Gasteiger partial charge in [0.2, 0.25) is 0 Å². The summed E-state index contributed by atoms with van der Waals surface area (Å²) in [6.45, 7) is 6.89. The summed E-state index contributed by atoms with van der Waals surface area (Å²) in [7, 11) is 0. The van der Waals surface area contributed by atoms with Crippen LogP contribution in [-0.4, -0.2) is 36.7 Å². The molecule has 1 saturated heterocycles. The predicted octanol–water partition coefficient (Wildman–Crippen LogP) is 2.84. The Morgan fingerprint density at radius 1 is 1.42 bits per heavy atom. The van der Waals surface area contributed by atoms with E-state index in [2.05, 4.69) is 17.9 Å². The van der Waals surface area contributed by atoms with E-state index in [0.717, 1.165) is 36.7 Å². The number of nitrogens with two attached hydrogens (primary N) is 1. The summed E-state index contributed by atoms with van der Waals surface area (Å²) >= 11 is 6.35. The Hall–Kier alpha value is -0.610. The van der Waals surface area contributed by atoms with Crippen molar-refractivity contribution in [1.82, 2.24) is 4.90 Å². The minimum atomic E-state index is 0.0326. The molecular weight excluding hydrogens is 260 g/mol. The van der Waals surface area contributed by atoms with Gasteiger partial charge in [0, 0.05) is 30.8 Å². The van der Waals surface area contributed by atoms with Crippen LogP contribution in [0.4, 0.5) is 0 Å². The maximum absolute atomic E-state index is 6.35. The van der Waals surface area contributed by atoms with Crippen molar-refractivity contribution in [3.05, 3.63) is 34.9 Å². The Morgan fingerprint density at radius 2 is 2.16 bits per heavy atom. The largest absolute Gasteiger partial charge is 0.377 e.